The third kappa shape index (κ3) is 3.81. The lowest BCUT2D eigenvalue weighted by Crippen LogP contribution is -2.11. The van der Waals surface area contributed by atoms with Crippen LogP contribution in [0.2, 0.25) is 0 Å². The smallest absolute Gasteiger partial charge is 0.163 e. The van der Waals surface area contributed by atoms with Crippen LogP contribution in [0.1, 0.15) is 55.1 Å². The molecule has 1 N–H and O–H groups in total. The number of anilines is 2. The van der Waals surface area contributed by atoms with Gasteiger partial charge >= 0.3 is 0 Å². The first kappa shape index (κ1) is 18.4. The Kier molecular flexibility index (Phi) is 4.71. The Bertz CT molecular complexity index is 1020. The number of carbonyl (C=O) groups is 1. The van der Waals surface area contributed by atoms with Gasteiger partial charge in [0.1, 0.15) is 12.1 Å². The predicted molar refractivity (Wildman–Crippen MR) is 113 cm³/mol. The Balaban J connectivity index is 1.57. The van der Waals surface area contributed by atoms with E-state index < -0.39 is 0 Å². The molecule has 2 aromatic carbocycles. The summed E-state index contributed by atoms with van der Waals surface area (Å²) in [5.41, 5.74) is 6.30. The van der Waals surface area contributed by atoms with E-state index in [1.165, 1.54) is 5.56 Å². The number of ketones is 1. The van der Waals surface area contributed by atoms with Crippen LogP contribution in [0.4, 0.5) is 11.5 Å². The quantitative estimate of drug-likeness (QED) is 0.641. The first-order valence-electron chi connectivity index (χ1n) is 9.76. The average Bonchev–Trinajstić information content (AvgIpc) is 2.68. The van der Waals surface area contributed by atoms with E-state index in [0.29, 0.717) is 6.42 Å². The number of aromatic nitrogens is 2. The summed E-state index contributed by atoms with van der Waals surface area (Å²) in [4.78, 5) is 20.8. The van der Waals surface area contributed by atoms with E-state index in [1.807, 2.05) is 18.2 Å². The van der Waals surface area contributed by atoms with Crippen molar-refractivity contribution >= 4 is 17.3 Å². The van der Waals surface area contributed by atoms with Crippen molar-refractivity contribution in [2.45, 2.75) is 45.4 Å². The molecule has 0 amide bonds. The molecule has 4 nitrogen and oxygen atoms in total. The van der Waals surface area contributed by atoms with Crippen molar-refractivity contribution < 1.29 is 4.79 Å². The molecule has 1 aliphatic carbocycles. The third-order valence-corrected chi connectivity index (χ3v) is 5.24. The highest BCUT2D eigenvalue weighted by Gasteiger charge is 2.17. The molecule has 4 heteroatoms. The number of hydrogen-bond acceptors (Lipinski definition) is 4. The molecule has 3 aromatic rings. The predicted octanol–water partition coefficient (Wildman–Crippen LogP) is 5.70. The molecule has 1 aromatic heterocycles. The Hall–Kier alpha value is -3.01. The molecular formula is C24H25N3O. The van der Waals surface area contributed by atoms with Gasteiger partial charge in [-0.15, -0.1) is 0 Å². The highest BCUT2D eigenvalue weighted by molar-refractivity contribution is 5.98. The van der Waals surface area contributed by atoms with E-state index in [2.05, 4.69) is 66.4 Å². The number of nitrogens with zero attached hydrogens (tertiary/aromatic N) is 2. The first-order valence-corrected chi connectivity index (χ1v) is 9.76. The molecule has 0 unspecified atom stereocenters. The Morgan fingerprint density at radius 1 is 0.929 bits per heavy atom. The first-order chi connectivity index (χ1) is 13.4. The van der Waals surface area contributed by atoms with Gasteiger partial charge < -0.3 is 5.32 Å². The fourth-order valence-corrected chi connectivity index (χ4v) is 3.60. The van der Waals surface area contributed by atoms with Crippen molar-refractivity contribution in [3.8, 4) is 11.3 Å². The topological polar surface area (TPSA) is 54.9 Å². The van der Waals surface area contributed by atoms with Crippen LogP contribution in [0, 0.1) is 0 Å². The summed E-state index contributed by atoms with van der Waals surface area (Å²) >= 11 is 0. The van der Waals surface area contributed by atoms with Gasteiger partial charge in [0, 0.05) is 29.3 Å². The molecule has 0 bridgehead atoms. The highest BCUT2D eigenvalue weighted by atomic mass is 16.1. The lowest BCUT2D eigenvalue weighted by Gasteiger charge is -2.19. The van der Waals surface area contributed by atoms with E-state index in [1.54, 1.807) is 6.33 Å². The number of benzene rings is 2. The van der Waals surface area contributed by atoms with Gasteiger partial charge in [-0.2, -0.15) is 0 Å². The molecule has 1 heterocycles. The summed E-state index contributed by atoms with van der Waals surface area (Å²) < 4.78 is 0. The summed E-state index contributed by atoms with van der Waals surface area (Å²) in [5, 5.41) is 3.35. The fourth-order valence-electron chi connectivity index (χ4n) is 3.60. The maximum absolute atomic E-state index is 12.0. The molecule has 4 rings (SSSR count). The number of Topliss-reactive ketones (excluding diaryl/α,β-unsaturated/α-hetero) is 1. The van der Waals surface area contributed by atoms with Gasteiger partial charge in [-0.3, -0.25) is 4.79 Å². The van der Waals surface area contributed by atoms with Gasteiger partial charge in [0.05, 0.1) is 5.69 Å². The largest absolute Gasteiger partial charge is 0.340 e. The number of nitrogens with one attached hydrogen (secondary N) is 1. The van der Waals surface area contributed by atoms with E-state index in [-0.39, 0.29) is 11.2 Å². The van der Waals surface area contributed by atoms with Crippen molar-refractivity contribution in [2.75, 3.05) is 5.32 Å². The number of hydrogen-bond donors (Lipinski definition) is 1. The molecule has 142 valence electrons. The lowest BCUT2D eigenvalue weighted by atomic mass is 9.86. The molecule has 28 heavy (non-hydrogen) atoms. The van der Waals surface area contributed by atoms with Gasteiger partial charge in [-0.25, -0.2) is 9.97 Å². The Labute approximate surface area is 166 Å². The standard InChI is InChI=1S/C24H25N3O/c1-24(2,3)18-9-7-16(8-10-18)21-14-23(26-15-25-21)27-19-11-12-20-17(13-19)5-4-6-22(20)28/h7-15H,4-6H2,1-3H3,(H,25,26,27). The second-order valence-electron chi connectivity index (χ2n) is 8.39. The van der Waals surface area contributed by atoms with Gasteiger partial charge in [-0.05, 0) is 47.6 Å². The van der Waals surface area contributed by atoms with Gasteiger partial charge in [0.2, 0.25) is 0 Å². The lowest BCUT2D eigenvalue weighted by molar-refractivity contribution is 0.0972. The summed E-state index contributed by atoms with van der Waals surface area (Å²) in [6.45, 7) is 6.63. The average molecular weight is 371 g/mol. The van der Waals surface area contributed by atoms with Crippen LogP contribution in [-0.4, -0.2) is 15.8 Å². The number of aryl methyl sites for hydroxylation is 1. The van der Waals surface area contributed by atoms with E-state index >= 15 is 0 Å². The summed E-state index contributed by atoms with van der Waals surface area (Å²) in [6, 6.07) is 16.4. The van der Waals surface area contributed by atoms with Gasteiger partial charge in [-0.1, -0.05) is 45.0 Å². The minimum absolute atomic E-state index is 0.130. The minimum atomic E-state index is 0.130. The van der Waals surface area contributed by atoms with E-state index in [9.17, 15) is 4.79 Å². The second-order valence-corrected chi connectivity index (χ2v) is 8.39. The van der Waals surface area contributed by atoms with Crippen LogP contribution < -0.4 is 5.32 Å². The zero-order valence-electron chi connectivity index (χ0n) is 16.6. The van der Waals surface area contributed by atoms with Crippen molar-refractivity contribution in [3.05, 3.63) is 71.5 Å². The van der Waals surface area contributed by atoms with Crippen LogP contribution >= 0.6 is 0 Å². The number of carbonyl (C=O) groups excluding carboxylic acids is 1. The molecule has 0 radical (unpaired) electrons. The fraction of sp³-hybridized carbons (Fsp3) is 0.292. The molecule has 1 aliphatic rings. The Morgan fingerprint density at radius 3 is 2.46 bits per heavy atom. The molecule has 0 atom stereocenters. The van der Waals surface area contributed by atoms with Gasteiger partial charge in [0.25, 0.3) is 0 Å². The van der Waals surface area contributed by atoms with Crippen LogP contribution in [0.5, 0.6) is 0 Å². The normalized spacial score (nSPS) is 13.9. The van der Waals surface area contributed by atoms with Crippen LogP contribution in [-0.2, 0) is 11.8 Å². The minimum Gasteiger partial charge on any atom is -0.340 e. The zero-order chi connectivity index (χ0) is 19.7. The maximum Gasteiger partial charge on any atom is 0.163 e. The van der Waals surface area contributed by atoms with Crippen LogP contribution in [0.15, 0.2) is 54.9 Å². The monoisotopic (exact) mass is 371 g/mol. The molecule has 0 fully saturated rings. The third-order valence-electron chi connectivity index (χ3n) is 5.24. The second kappa shape index (κ2) is 7.19. The summed E-state index contributed by atoms with van der Waals surface area (Å²) in [5.74, 6) is 0.989. The molecule has 0 saturated carbocycles. The SMILES string of the molecule is CC(C)(C)c1ccc(-c2cc(Nc3ccc4c(c3)CCCC4=O)ncn2)cc1. The van der Waals surface area contributed by atoms with Crippen LogP contribution in [0.25, 0.3) is 11.3 Å². The van der Waals surface area contributed by atoms with Crippen LogP contribution in [0.3, 0.4) is 0 Å². The van der Waals surface area contributed by atoms with Crippen molar-refractivity contribution in [2.24, 2.45) is 0 Å². The number of rotatable bonds is 3. The molecule has 0 spiro atoms. The molecule has 0 saturated heterocycles. The molecular weight excluding hydrogens is 346 g/mol. The maximum atomic E-state index is 12.0. The summed E-state index contributed by atoms with van der Waals surface area (Å²) in [6.07, 6.45) is 4.11. The van der Waals surface area contributed by atoms with E-state index in [0.717, 1.165) is 46.7 Å². The zero-order valence-corrected chi connectivity index (χ0v) is 16.6. The Morgan fingerprint density at radius 2 is 1.71 bits per heavy atom. The number of fused-ring (bicyclic) bond motifs is 1. The van der Waals surface area contributed by atoms with Crippen molar-refractivity contribution in [1.29, 1.82) is 0 Å². The highest BCUT2D eigenvalue weighted by Crippen LogP contribution is 2.28. The van der Waals surface area contributed by atoms with E-state index in [4.69, 9.17) is 0 Å². The summed E-state index contributed by atoms with van der Waals surface area (Å²) in [7, 11) is 0. The van der Waals surface area contributed by atoms with Crippen molar-refractivity contribution in [3.63, 3.8) is 0 Å². The van der Waals surface area contributed by atoms with Crippen molar-refractivity contribution in [1.82, 2.24) is 9.97 Å². The van der Waals surface area contributed by atoms with Gasteiger partial charge in [0.15, 0.2) is 5.78 Å². The molecule has 0 aliphatic heterocycles.